The standard InChI is InChI=1S/C24H28N4O/c1-27-21-6-3-2-5-20(21)26-23(27)15-17-8-10-18(11-9-17)24(29)22-7-4-14-28(22)19-12-13-25-16-19/h2-3,5-6,8-11,19,22,25H,4,7,12-16H2,1H3. The molecule has 2 aliphatic rings. The van der Waals surface area contributed by atoms with E-state index in [2.05, 4.69) is 40.0 Å². The number of carbonyl (C=O) groups is 1. The van der Waals surface area contributed by atoms with Crippen LogP contribution in [0.4, 0.5) is 0 Å². The van der Waals surface area contributed by atoms with Gasteiger partial charge in [0.15, 0.2) is 5.78 Å². The maximum atomic E-state index is 13.2. The van der Waals surface area contributed by atoms with Gasteiger partial charge in [-0.05, 0) is 50.0 Å². The number of para-hydroxylation sites is 2. The molecule has 5 rings (SSSR count). The number of nitrogens with one attached hydrogen (secondary N) is 1. The van der Waals surface area contributed by atoms with Crippen LogP contribution in [-0.4, -0.2) is 52.0 Å². The molecule has 0 amide bonds. The molecule has 0 bridgehead atoms. The molecule has 2 fully saturated rings. The van der Waals surface area contributed by atoms with Gasteiger partial charge in [0, 0.05) is 31.6 Å². The summed E-state index contributed by atoms with van der Waals surface area (Å²) in [7, 11) is 2.06. The molecule has 150 valence electrons. The molecular weight excluding hydrogens is 360 g/mol. The fraction of sp³-hybridized carbons (Fsp3) is 0.417. The van der Waals surface area contributed by atoms with E-state index in [9.17, 15) is 4.79 Å². The number of nitrogens with zero attached hydrogens (tertiary/aromatic N) is 3. The fourth-order valence-electron chi connectivity index (χ4n) is 4.95. The molecular formula is C24H28N4O. The normalized spacial score (nSPS) is 22.5. The number of benzene rings is 2. The monoisotopic (exact) mass is 388 g/mol. The summed E-state index contributed by atoms with van der Waals surface area (Å²) in [6.45, 7) is 3.13. The summed E-state index contributed by atoms with van der Waals surface area (Å²) in [5, 5.41) is 3.43. The molecule has 3 heterocycles. The number of hydrogen-bond acceptors (Lipinski definition) is 4. The SMILES string of the molecule is Cn1c(Cc2ccc(C(=O)C3CCCN3C3CCNC3)cc2)nc2ccccc21. The number of imidazole rings is 1. The van der Waals surface area contributed by atoms with Gasteiger partial charge in [-0.25, -0.2) is 4.98 Å². The zero-order valence-corrected chi connectivity index (χ0v) is 17.0. The lowest BCUT2D eigenvalue weighted by Gasteiger charge is -2.29. The molecule has 0 aliphatic carbocycles. The first-order valence-electron chi connectivity index (χ1n) is 10.7. The Kier molecular flexibility index (Phi) is 4.94. The molecule has 3 aromatic rings. The van der Waals surface area contributed by atoms with Crippen molar-refractivity contribution in [2.45, 2.75) is 37.8 Å². The van der Waals surface area contributed by atoms with Crippen LogP contribution >= 0.6 is 0 Å². The van der Waals surface area contributed by atoms with E-state index in [-0.39, 0.29) is 11.8 Å². The van der Waals surface area contributed by atoms with Crippen molar-refractivity contribution < 1.29 is 4.79 Å². The second kappa shape index (κ2) is 7.73. The highest BCUT2D eigenvalue weighted by Crippen LogP contribution is 2.26. The maximum Gasteiger partial charge on any atom is 0.179 e. The Labute approximate surface area is 171 Å². The molecule has 29 heavy (non-hydrogen) atoms. The van der Waals surface area contributed by atoms with Gasteiger partial charge in [0.25, 0.3) is 0 Å². The first-order chi connectivity index (χ1) is 14.2. The topological polar surface area (TPSA) is 50.2 Å². The number of aryl methyl sites for hydroxylation is 1. The molecule has 1 aromatic heterocycles. The van der Waals surface area contributed by atoms with Crippen LogP contribution in [0.5, 0.6) is 0 Å². The minimum atomic E-state index is 0.0468. The second-order valence-corrected chi connectivity index (χ2v) is 8.36. The first kappa shape index (κ1) is 18.5. The van der Waals surface area contributed by atoms with Crippen LogP contribution in [0.3, 0.4) is 0 Å². The minimum absolute atomic E-state index is 0.0468. The van der Waals surface area contributed by atoms with E-state index in [1.54, 1.807) is 0 Å². The molecule has 0 saturated carbocycles. The molecule has 0 radical (unpaired) electrons. The van der Waals surface area contributed by atoms with E-state index in [0.717, 1.165) is 67.7 Å². The Morgan fingerprint density at radius 2 is 1.97 bits per heavy atom. The molecule has 5 nitrogen and oxygen atoms in total. The summed E-state index contributed by atoms with van der Waals surface area (Å²) in [6, 6.07) is 17.0. The van der Waals surface area contributed by atoms with Crippen molar-refractivity contribution in [3.8, 4) is 0 Å². The number of carbonyl (C=O) groups excluding carboxylic acids is 1. The Bertz CT molecular complexity index is 1020. The van der Waals surface area contributed by atoms with Gasteiger partial charge < -0.3 is 9.88 Å². The number of Topliss-reactive ketones (excluding diaryl/α,β-unsaturated/α-hetero) is 1. The van der Waals surface area contributed by atoms with Crippen molar-refractivity contribution in [1.82, 2.24) is 19.8 Å². The second-order valence-electron chi connectivity index (χ2n) is 8.36. The van der Waals surface area contributed by atoms with Crippen LogP contribution in [-0.2, 0) is 13.5 Å². The average Bonchev–Trinajstić information content (AvgIpc) is 3.49. The molecule has 2 saturated heterocycles. The summed E-state index contributed by atoms with van der Waals surface area (Å²) < 4.78 is 2.15. The average molecular weight is 389 g/mol. The van der Waals surface area contributed by atoms with Crippen molar-refractivity contribution in [1.29, 1.82) is 0 Å². The van der Waals surface area contributed by atoms with Crippen molar-refractivity contribution >= 4 is 16.8 Å². The van der Waals surface area contributed by atoms with E-state index in [1.807, 2.05) is 30.3 Å². The first-order valence-corrected chi connectivity index (χ1v) is 10.7. The zero-order chi connectivity index (χ0) is 19.8. The Morgan fingerprint density at radius 1 is 1.14 bits per heavy atom. The van der Waals surface area contributed by atoms with Crippen LogP contribution in [0.2, 0.25) is 0 Å². The number of aromatic nitrogens is 2. The number of ketones is 1. The number of likely N-dealkylation sites (tertiary alicyclic amines) is 1. The van der Waals surface area contributed by atoms with Gasteiger partial charge in [-0.15, -0.1) is 0 Å². The van der Waals surface area contributed by atoms with E-state index < -0.39 is 0 Å². The summed E-state index contributed by atoms with van der Waals surface area (Å²) in [5.41, 5.74) is 4.20. The molecule has 5 heteroatoms. The van der Waals surface area contributed by atoms with Crippen molar-refractivity contribution in [2.24, 2.45) is 7.05 Å². The molecule has 2 unspecified atom stereocenters. The van der Waals surface area contributed by atoms with Gasteiger partial charge in [0.05, 0.1) is 17.1 Å². The van der Waals surface area contributed by atoms with E-state index in [4.69, 9.17) is 4.98 Å². The number of fused-ring (bicyclic) bond motifs is 1. The lowest BCUT2D eigenvalue weighted by atomic mass is 9.99. The number of rotatable bonds is 5. The Morgan fingerprint density at radius 3 is 2.72 bits per heavy atom. The van der Waals surface area contributed by atoms with Gasteiger partial charge in [-0.2, -0.15) is 0 Å². The van der Waals surface area contributed by atoms with E-state index in [0.29, 0.717) is 6.04 Å². The predicted octanol–water partition coefficient (Wildman–Crippen LogP) is 3.17. The van der Waals surface area contributed by atoms with Gasteiger partial charge in [-0.3, -0.25) is 9.69 Å². The van der Waals surface area contributed by atoms with E-state index in [1.165, 1.54) is 5.56 Å². The smallest absolute Gasteiger partial charge is 0.179 e. The summed E-state index contributed by atoms with van der Waals surface area (Å²) in [6.07, 6.45) is 4.03. The lowest BCUT2D eigenvalue weighted by molar-refractivity contribution is 0.0826. The maximum absolute atomic E-state index is 13.2. The molecule has 2 aliphatic heterocycles. The quantitative estimate of drug-likeness (QED) is 0.682. The number of hydrogen-bond donors (Lipinski definition) is 1. The van der Waals surface area contributed by atoms with E-state index >= 15 is 0 Å². The van der Waals surface area contributed by atoms with Crippen molar-refractivity contribution in [2.75, 3.05) is 19.6 Å². The Hall–Kier alpha value is -2.50. The fourth-order valence-corrected chi connectivity index (χ4v) is 4.95. The minimum Gasteiger partial charge on any atom is -0.331 e. The molecule has 0 spiro atoms. The van der Waals surface area contributed by atoms with Crippen molar-refractivity contribution in [3.63, 3.8) is 0 Å². The highest BCUT2D eigenvalue weighted by Gasteiger charge is 2.36. The summed E-state index contributed by atoms with van der Waals surface area (Å²) in [5.74, 6) is 1.32. The van der Waals surface area contributed by atoms with Crippen LogP contribution in [0.1, 0.15) is 41.0 Å². The third-order valence-corrected chi connectivity index (χ3v) is 6.58. The van der Waals surface area contributed by atoms with Gasteiger partial charge in [-0.1, -0.05) is 36.4 Å². The zero-order valence-electron chi connectivity index (χ0n) is 17.0. The van der Waals surface area contributed by atoms with Gasteiger partial charge in [0.2, 0.25) is 0 Å². The lowest BCUT2D eigenvalue weighted by Crippen LogP contribution is -2.44. The van der Waals surface area contributed by atoms with Crippen LogP contribution in [0.15, 0.2) is 48.5 Å². The summed E-state index contributed by atoms with van der Waals surface area (Å²) in [4.78, 5) is 20.4. The van der Waals surface area contributed by atoms with Crippen LogP contribution in [0.25, 0.3) is 11.0 Å². The third kappa shape index (κ3) is 3.49. The molecule has 1 N–H and O–H groups in total. The van der Waals surface area contributed by atoms with Crippen LogP contribution in [0, 0.1) is 0 Å². The largest absolute Gasteiger partial charge is 0.331 e. The Balaban J connectivity index is 1.31. The third-order valence-electron chi connectivity index (χ3n) is 6.58. The van der Waals surface area contributed by atoms with Gasteiger partial charge in [0.1, 0.15) is 5.82 Å². The highest BCUT2D eigenvalue weighted by molar-refractivity contribution is 6.00. The predicted molar refractivity (Wildman–Crippen MR) is 115 cm³/mol. The van der Waals surface area contributed by atoms with Crippen LogP contribution < -0.4 is 5.32 Å². The molecule has 2 aromatic carbocycles. The van der Waals surface area contributed by atoms with Crippen molar-refractivity contribution in [3.05, 3.63) is 65.5 Å². The highest BCUT2D eigenvalue weighted by atomic mass is 16.1. The summed E-state index contributed by atoms with van der Waals surface area (Å²) >= 11 is 0. The molecule has 2 atom stereocenters. The van der Waals surface area contributed by atoms with Gasteiger partial charge >= 0.3 is 0 Å².